The van der Waals surface area contributed by atoms with Crippen LogP contribution in [-0.4, -0.2) is 132 Å². The van der Waals surface area contributed by atoms with Crippen LogP contribution < -0.4 is 10.6 Å². The molecule has 0 saturated carbocycles. The Morgan fingerprint density at radius 3 is 1.70 bits per heavy atom. The SMILES string of the molecule is CCCCCCCCCCCCCCCCCCC(=O)N[C@@H](COCc1cn(CCO[C@@H]2OC(COC(C)=O)[C@@H](O[C@H]3OC(COC(C)=O)[C@@H](C)[C@H](C)C3C)[C@H](C)C2OC(C)=O)nn1)C(=O)N[C@H](CCC(=O)OCc1ccccc1)C(=O)OCc1ccccc1. The van der Waals surface area contributed by atoms with Crippen molar-refractivity contribution in [3.8, 4) is 0 Å². The maximum atomic E-state index is 14.3. The van der Waals surface area contributed by atoms with E-state index in [-0.39, 0.29) is 95.7 Å². The van der Waals surface area contributed by atoms with Gasteiger partial charge >= 0.3 is 29.8 Å². The van der Waals surface area contributed by atoms with Crippen LogP contribution in [-0.2, 0) is 107 Å². The summed E-state index contributed by atoms with van der Waals surface area (Å²) in [7, 11) is 0. The summed E-state index contributed by atoms with van der Waals surface area (Å²) >= 11 is 0. The van der Waals surface area contributed by atoms with Gasteiger partial charge in [-0.3, -0.25) is 28.8 Å². The van der Waals surface area contributed by atoms with E-state index in [0.29, 0.717) is 12.1 Å². The number of carbonyl (C=O) groups excluding carboxylic acids is 7. The molecule has 0 aliphatic carbocycles. The van der Waals surface area contributed by atoms with Gasteiger partial charge in [0, 0.05) is 45.4 Å². The van der Waals surface area contributed by atoms with Crippen molar-refractivity contribution in [3.63, 3.8) is 0 Å². The van der Waals surface area contributed by atoms with Gasteiger partial charge in [0.25, 0.3) is 0 Å². The van der Waals surface area contributed by atoms with Gasteiger partial charge in [-0.1, -0.05) is 197 Å². The van der Waals surface area contributed by atoms with Crippen molar-refractivity contribution in [3.05, 3.63) is 83.7 Å². The Morgan fingerprint density at radius 1 is 0.567 bits per heavy atom. The Bertz CT molecular complexity index is 2570. The molecule has 3 aromatic rings. The van der Waals surface area contributed by atoms with E-state index in [9.17, 15) is 33.6 Å². The van der Waals surface area contributed by atoms with Crippen molar-refractivity contribution >= 4 is 41.7 Å². The molecular weight excluding hydrogens is 1160 g/mol. The monoisotopic (exact) mass is 1260 g/mol. The molecular formula is C68H103N5O17. The third-order valence-corrected chi connectivity index (χ3v) is 16.8. The Hall–Kier alpha value is -6.33. The van der Waals surface area contributed by atoms with Crippen LogP contribution in [0.1, 0.15) is 194 Å². The molecule has 5 rings (SSSR count). The van der Waals surface area contributed by atoms with Crippen LogP contribution in [0, 0.1) is 23.7 Å². The van der Waals surface area contributed by atoms with E-state index in [2.05, 4.69) is 34.8 Å². The number of hydrogen-bond donors (Lipinski definition) is 2. The van der Waals surface area contributed by atoms with Crippen molar-refractivity contribution < 1.29 is 80.9 Å². The molecule has 12 atom stereocenters. The molecule has 0 radical (unpaired) electrons. The smallest absolute Gasteiger partial charge is 0.328 e. The molecule has 1 aromatic heterocycles. The minimum atomic E-state index is -1.28. The molecule has 2 N–H and O–H groups in total. The van der Waals surface area contributed by atoms with Gasteiger partial charge in [-0.2, -0.15) is 0 Å². The Balaban J connectivity index is 1.19. The highest BCUT2D eigenvalue weighted by Gasteiger charge is 2.50. The molecule has 2 aliphatic rings. The lowest BCUT2D eigenvalue weighted by Crippen LogP contribution is -2.60. The van der Waals surface area contributed by atoms with Crippen LogP contribution >= 0.6 is 0 Å². The van der Waals surface area contributed by atoms with Crippen molar-refractivity contribution in [1.82, 2.24) is 25.6 Å². The van der Waals surface area contributed by atoms with Crippen molar-refractivity contribution in [2.24, 2.45) is 23.7 Å². The molecule has 2 fully saturated rings. The lowest BCUT2D eigenvalue weighted by Gasteiger charge is -2.48. The van der Waals surface area contributed by atoms with E-state index in [0.717, 1.165) is 36.8 Å². The van der Waals surface area contributed by atoms with Gasteiger partial charge in [-0.05, 0) is 35.8 Å². The third-order valence-electron chi connectivity index (χ3n) is 16.8. The zero-order valence-electron chi connectivity index (χ0n) is 54.7. The second-order valence-electron chi connectivity index (χ2n) is 24.2. The van der Waals surface area contributed by atoms with Crippen LogP contribution in [0.5, 0.6) is 0 Å². The predicted octanol–water partition coefficient (Wildman–Crippen LogP) is 10.1. The zero-order valence-corrected chi connectivity index (χ0v) is 54.7. The first-order valence-electron chi connectivity index (χ1n) is 32.9. The fourth-order valence-corrected chi connectivity index (χ4v) is 11.1. The van der Waals surface area contributed by atoms with Gasteiger partial charge in [-0.25, -0.2) is 9.48 Å². The number of carbonyl (C=O) groups is 7. The average molecular weight is 1260 g/mol. The lowest BCUT2D eigenvalue weighted by atomic mass is 9.79. The van der Waals surface area contributed by atoms with Crippen molar-refractivity contribution in [2.75, 3.05) is 26.4 Å². The maximum Gasteiger partial charge on any atom is 0.328 e. The number of amides is 2. The van der Waals surface area contributed by atoms with Gasteiger partial charge in [0.05, 0.1) is 44.8 Å². The first-order valence-corrected chi connectivity index (χ1v) is 32.9. The molecule has 2 amide bonds. The summed E-state index contributed by atoms with van der Waals surface area (Å²) in [6.07, 6.45) is 15.5. The fraction of sp³-hybridized carbons (Fsp3) is 0.691. The summed E-state index contributed by atoms with van der Waals surface area (Å²) in [6, 6.07) is 15.7. The van der Waals surface area contributed by atoms with E-state index < -0.39 is 90.8 Å². The standard InChI is InChI=1S/C68H103N5O17/c1-9-10-11-12-13-14-15-16-17-18-19-20-21-22-23-30-35-61(77)69-58(65(79)70-57(66(80)86-42-55-33-28-25-29-34-55)36-37-62(78)85-41-54-31-26-24-27-32-54)44-81-43-56-40-73(72-71-56)38-39-82-68-64(87-53(8)76)50(5)63(60(89-68)46-84-52(7)75)90-67-49(4)47(2)48(3)59(88-67)45-83-51(6)74/h24-29,31-34,40,47-50,57-60,63-64,67-68H,9-23,30,35-39,41-46H2,1-8H3,(H,69,77)(H,70,79)/t47-,48-,49?,50-,57+,58-,59?,60?,63-,64?,67+,68+/m0/s1. The first kappa shape index (κ1) is 74.4. The van der Waals surface area contributed by atoms with Gasteiger partial charge in [0.2, 0.25) is 11.8 Å². The van der Waals surface area contributed by atoms with E-state index in [4.69, 9.17) is 47.4 Å². The van der Waals surface area contributed by atoms with Crippen molar-refractivity contribution in [2.45, 2.75) is 253 Å². The van der Waals surface area contributed by atoms with Crippen LogP contribution in [0.4, 0.5) is 0 Å². The second kappa shape index (κ2) is 41.9. The highest BCUT2D eigenvalue weighted by atomic mass is 16.7. The molecule has 22 heteroatoms. The molecule has 4 unspecified atom stereocenters. The minimum Gasteiger partial charge on any atom is -0.463 e. The van der Waals surface area contributed by atoms with Crippen molar-refractivity contribution in [1.29, 1.82) is 0 Å². The Kier molecular flexibility index (Phi) is 34.7. The molecule has 90 heavy (non-hydrogen) atoms. The Morgan fingerprint density at radius 2 is 1.12 bits per heavy atom. The highest BCUT2D eigenvalue weighted by Crippen LogP contribution is 2.39. The summed E-state index contributed by atoms with van der Waals surface area (Å²) in [5, 5.41) is 14.0. The molecule has 2 saturated heterocycles. The number of ether oxygens (including phenoxy) is 10. The van der Waals surface area contributed by atoms with Crippen LogP contribution in [0.3, 0.4) is 0 Å². The predicted molar refractivity (Wildman–Crippen MR) is 333 cm³/mol. The second-order valence-corrected chi connectivity index (χ2v) is 24.2. The summed E-state index contributed by atoms with van der Waals surface area (Å²) in [5.41, 5.74) is 1.89. The topological polar surface area (TPSA) is 267 Å². The van der Waals surface area contributed by atoms with Gasteiger partial charge in [-0.15, -0.1) is 5.10 Å². The van der Waals surface area contributed by atoms with E-state index in [1.165, 1.54) is 96.1 Å². The zero-order chi connectivity index (χ0) is 65.0. The number of nitrogens with one attached hydrogen (secondary N) is 2. The van der Waals surface area contributed by atoms with E-state index >= 15 is 0 Å². The summed E-state index contributed by atoms with van der Waals surface area (Å²) in [4.78, 5) is 91.0. The van der Waals surface area contributed by atoms with E-state index in [1.807, 2.05) is 69.3 Å². The summed E-state index contributed by atoms with van der Waals surface area (Å²) < 4.78 is 61.0. The molecule has 502 valence electrons. The number of esters is 5. The molecule has 0 bridgehead atoms. The van der Waals surface area contributed by atoms with Crippen LogP contribution in [0.15, 0.2) is 66.9 Å². The number of benzene rings is 2. The number of rotatable bonds is 43. The van der Waals surface area contributed by atoms with Crippen LogP contribution in [0.2, 0.25) is 0 Å². The molecule has 22 nitrogen and oxygen atoms in total. The third kappa shape index (κ3) is 28.0. The normalized spacial score (nSPS) is 22.1. The van der Waals surface area contributed by atoms with Gasteiger partial charge in [0.15, 0.2) is 18.7 Å². The Labute approximate surface area is 532 Å². The number of nitrogens with zero attached hydrogens (tertiary/aromatic N) is 3. The quantitative estimate of drug-likeness (QED) is 0.0303. The maximum absolute atomic E-state index is 14.3. The lowest BCUT2D eigenvalue weighted by molar-refractivity contribution is -0.337. The molecule has 3 heterocycles. The van der Waals surface area contributed by atoms with Gasteiger partial charge < -0.3 is 58.0 Å². The van der Waals surface area contributed by atoms with Gasteiger partial charge in [0.1, 0.15) is 50.3 Å². The minimum absolute atomic E-state index is 0.00596. The number of aromatic nitrogens is 3. The number of hydrogen-bond acceptors (Lipinski definition) is 19. The molecule has 0 spiro atoms. The van der Waals surface area contributed by atoms with E-state index in [1.54, 1.807) is 18.3 Å². The molecule has 2 aliphatic heterocycles. The highest BCUT2D eigenvalue weighted by molar-refractivity contribution is 5.91. The largest absolute Gasteiger partial charge is 0.463 e. The first-order chi connectivity index (χ1) is 43.4. The fourth-order valence-electron chi connectivity index (χ4n) is 11.1. The number of unbranched alkanes of at least 4 members (excludes halogenated alkanes) is 15. The molecule has 2 aromatic carbocycles. The summed E-state index contributed by atoms with van der Waals surface area (Å²) in [5.74, 6) is -4.52. The average Bonchev–Trinajstić information content (AvgIpc) is 1.01. The summed E-state index contributed by atoms with van der Waals surface area (Å²) in [6.45, 7) is 13.6. The van der Waals surface area contributed by atoms with Crippen LogP contribution in [0.25, 0.3) is 0 Å².